The lowest BCUT2D eigenvalue weighted by Gasteiger charge is -2.29. The predicted molar refractivity (Wildman–Crippen MR) is 77.7 cm³/mol. The molecule has 0 aromatic heterocycles. The highest BCUT2D eigenvalue weighted by Gasteiger charge is 2.28. The van der Waals surface area contributed by atoms with E-state index < -0.39 is 6.09 Å². The van der Waals surface area contributed by atoms with Crippen LogP contribution in [0.15, 0.2) is 30.3 Å². The Hall–Kier alpha value is -1.75. The molecule has 0 radical (unpaired) electrons. The second-order valence-electron chi connectivity index (χ2n) is 4.87. The van der Waals surface area contributed by atoms with Crippen molar-refractivity contribution in [3.8, 4) is 0 Å². The van der Waals surface area contributed by atoms with E-state index in [1.54, 1.807) is 4.90 Å². The monoisotopic (exact) mass is 311 g/mol. The van der Waals surface area contributed by atoms with Gasteiger partial charge in [0, 0.05) is 13.1 Å². The highest BCUT2D eigenvalue weighted by molar-refractivity contribution is 6.17. The summed E-state index contributed by atoms with van der Waals surface area (Å²) in [4.78, 5) is 25.0. The van der Waals surface area contributed by atoms with E-state index in [-0.39, 0.29) is 24.6 Å². The number of likely N-dealkylation sites (tertiary alicyclic amines) is 1. The van der Waals surface area contributed by atoms with Crippen LogP contribution in [0.1, 0.15) is 18.4 Å². The largest absolute Gasteiger partial charge is 0.461 e. The van der Waals surface area contributed by atoms with Crippen molar-refractivity contribution in [2.24, 2.45) is 5.92 Å². The van der Waals surface area contributed by atoms with Gasteiger partial charge in [0.05, 0.1) is 5.92 Å². The Labute approximate surface area is 128 Å². The molecule has 5 nitrogen and oxygen atoms in total. The van der Waals surface area contributed by atoms with E-state index in [0.29, 0.717) is 25.9 Å². The quantitative estimate of drug-likeness (QED) is 0.634. The molecule has 0 atom stereocenters. The summed E-state index contributed by atoms with van der Waals surface area (Å²) in [6, 6.07) is 9.41. The molecule has 114 valence electrons. The van der Waals surface area contributed by atoms with Gasteiger partial charge in [0.15, 0.2) is 6.07 Å². The number of ether oxygens (including phenoxy) is 2. The summed E-state index contributed by atoms with van der Waals surface area (Å²) >= 11 is 5.35. The van der Waals surface area contributed by atoms with Crippen LogP contribution in [0.4, 0.5) is 4.79 Å². The lowest BCUT2D eigenvalue weighted by atomic mass is 9.97. The third-order valence-electron chi connectivity index (χ3n) is 3.49. The number of alkyl halides is 1. The number of halogens is 1. The number of hydrogen-bond acceptors (Lipinski definition) is 4. The van der Waals surface area contributed by atoms with Gasteiger partial charge in [-0.2, -0.15) is 0 Å². The molecule has 21 heavy (non-hydrogen) atoms. The van der Waals surface area contributed by atoms with Crippen LogP contribution in [0.5, 0.6) is 0 Å². The molecule has 6 heteroatoms. The lowest BCUT2D eigenvalue weighted by molar-refractivity contribution is -0.151. The molecule has 0 N–H and O–H groups in total. The van der Waals surface area contributed by atoms with Crippen molar-refractivity contribution in [1.29, 1.82) is 0 Å². The van der Waals surface area contributed by atoms with Gasteiger partial charge in [-0.15, -0.1) is 0 Å². The zero-order chi connectivity index (χ0) is 15.1. The van der Waals surface area contributed by atoms with Gasteiger partial charge >= 0.3 is 12.1 Å². The van der Waals surface area contributed by atoms with E-state index in [9.17, 15) is 9.59 Å². The number of piperidine rings is 1. The Bertz CT molecular complexity index is 472. The minimum absolute atomic E-state index is 0.155. The van der Waals surface area contributed by atoms with Crippen LogP contribution in [0.2, 0.25) is 0 Å². The minimum atomic E-state index is -0.430. The number of carbonyl (C=O) groups excluding carboxylic acids is 2. The summed E-state index contributed by atoms with van der Waals surface area (Å²) < 4.78 is 10.0. The van der Waals surface area contributed by atoms with Gasteiger partial charge in [-0.1, -0.05) is 41.9 Å². The smallest absolute Gasteiger partial charge is 0.410 e. The molecule has 1 aromatic rings. The zero-order valence-corrected chi connectivity index (χ0v) is 12.4. The Morgan fingerprint density at radius 3 is 2.43 bits per heavy atom. The molecule has 1 aliphatic rings. The molecule has 1 fully saturated rings. The first kappa shape index (κ1) is 15.6. The zero-order valence-electron chi connectivity index (χ0n) is 11.7. The molecule has 0 unspecified atom stereocenters. The van der Waals surface area contributed by atoms with Crippen LogP contribution in [0.3, 0.4) is 0 Å². The average molecular weight is 312 g/mol. The van der Waals surface area contributed by atoms with E-state index >= 15 is 0 Å². The van der Waals surface area contributed by atoms with E-state index in [0.717, 1.165) is 5.56 Å². The fourth-order valence-electron chi connectivity index (χ4n) is 2.28. The Kier molecular flexibility index (Phi) is 5.87. The van der Waals surface area contributed by atoms with Gasteiger partial charge < -0.3 is 14.4 Å². The van der Waals surface area contributed by atoms with Crippen molar-refractivity contribution in [1.82, 2.24) is 4.90 Å². The van der Waals surface area contributed by atoms with Crippen molar-refractivity contribution in [2.75, 3.05) is 19.2 Å². The van der Waals surface area contributed by atoms with Crippen LogP contribution in [0, 0.1) is 5.92 Å². The first-order valence-corrected chi connectivity index (χ1v) is 7.42. The van der Waals surface area contributed by atoms with Crippen molar-refractivity contribution in [2.45, 2.75) is 19.4 Å². The van der Waals surface area contributed by atoms with E-state index in [4.69, 9.17) is 21.1 Å². The molecule has 1 amide bonds. The number of amides is 1. The minimum Gasteiger partial charge on any atom is -0.461 e. The molecule has 0 spiro atoms. The van der Waals surface area contributed by atoms with Crippen molar-refractivity contribution in [3.05, 3.63) is 35.9 Å². The highest BCUT2D eigenvalue weighted by atomic mass is 35.5. The van der Waals surface area contributed by atoms with Gasteiger partial charge in [-0.05, 0) is 18.4 Å². The molecule has 1 aromatic carbocycles. The first-order chi connectivity index (χ1) is 10.2. The Morgan fingerprint density at radius 1 is 1.14 bits per heavy atom. The molecule has 1 aliphatic heterocycles. The summed E-state index contributed by atoms with van der Waals surface area (Å²) in [5.41, 5.74) is 0.967. The van der Waals surface area contributed by atoms with Gasteiger partial charge in [0.25, 0.3) is 0 Å². The Balaban J connectivity index is 1.74. The maximum atomic E-state index is 12.0. The fraction of sp³-hybridized carbons (Fsp3) is 0.467. The predicted octanol–water partition coefficient (Wildman–Crippen LogP) is 2.77. The molecular formula is C15H18ClNO4. The number of rotatable bonds is 4. The number of benzene rings is 1. The summed E-state index contributed by atoms with van der Waals surface area (Å²) in [5.74, 6) is -0.363. The Morgan fingerprint density at radius 2 is 1.81 bits per heavy atom. The summed E-state index contributed by atoms with van der Waals surface area (Å²) in [5, 5.41) is 0. The lowest BCUT2D eigenvalue weighted by Crippen LogP contribution is -2.40. The molecule has 0 saturated carbocycles. The van der Waals surface area contributed by atoms with Gasteiger partial charge in [-0.3, -0.25) is 4.79 Å². The van der Waals surface area contributed by atoms with E-state index in [1.165, 1.54) is 0 Å². The third kappa shape index (κ3) is 4.63. The van der Waals surface area contributed by atoms with Crippen LogP contribution in [0.25, 0.3) is 0 Å². The normalized spacial score (nSPS) is 15.6. The third-order valence-corrected chi connectivity index (χ3v) is 3.60. The number of esters is 1. The second kappa shape index (κ2) is 7.88. The molecule has 0 bridgehead atoms. The first-order valence-electron chi connectivity index (χ1n) is 6.89. The number of carbonyl (C=O) groups is 2. The topological polar surface area (TPSA) is 55.8 Å². The van der Waals surface area contributed by atoms with Crippen LogP contribution >= 0.6 is 11.6 Å². The van der Waals surface area contributed by atoms with Crippen LogP contribution in [-0.4, -0.2) is 36.1 Å². The van der Waals surface area contributed by atoms with Crippen molar-refractivity contribution >= 4 is 23.7 Å². The highest BCUT2D eigenvalue weighted by Crippen LogP contribution is 2.20. The van der Waals surface area contributed by atoms with E-state index in [2.05, 4.69) is 0 Å². The molecule has 0 aliphatic carbocycles. The van der Waals surface area contributed by atoms with Crippen LogP contribution < -0.4 is 0 Å². The maximum absolute atomic E-state index is 12.0. The summed E-state index contributed by atoms with van der Waals surface area (Å²) in [6.07, 6.45) is 0.747. The SMILES string of the molecule is O=C(OCc1ccccc1)C1CCN(C(=O)OCCl)CC1. The average Bonchev–Trinajstić information content (AvgIpc) is 2.54. The van der Waals surface area contributed by atoms with Gasteiger partial charge in [-0.25, -0.2) is 4.79 Å². The molecule has 2 rings (SSSR count). The molecular weight excluding hydrogens is 294 g/mol. The van der Waals surface area contributed by atoms with Crippen molar-refractivity contribution in [3.63, 3.8) is 0 Å². The van der Waals surface area contributed by atoms with Gasteiger partial charge in [0.1, 0.15) is 6.61 Å². The van der Waals surface area contributed by atoms with E-state index in [1.807, 2.05) is 30.3 Å². The van der Waals surface area contributed by atoms with Gasteiger partial charge in [0.2, 0.25) is 0 Å². The maximum Gasteiger partial charge on any atom is 0.410 e. The standard InChI is InChI=1S/C15H18ClNO4/c16-11-21-15(19)17-8-6-13(7-9-17)14(18)20-10-12-4-2-1-3-5-12/h1-5,13H,6-11H2. The number of nitrogens with zero attached hydrogens (tertiary/aromatic N) is 1. The summed E-state index contributed by atoms with van der Waals surface area (Å²) in [7, 11) is 0. The second-order valence-corrected chi connectivity index (χ2v) is 5.09. The molecule has 1 heterocycles. The fourth-order valence-corrected chi connectivity index (χ4v) is 2.38. The van der Waals surface area contributed by atoms with Crippen LogP contribution in [-0.2, 0) is 20.9 Å². The van der Waals surface area contributed by atoms with Crippen molar-refractivity contribution < 1.29 is 19.1 Å². The molecule has 1 saturated heterocycles. The summed E-state index contributed by atoms with van der Waals surface area (Å²) in [6.45, 7) is 1.26. The number of hydrogen-bond donors (Lipinski definition) is 0.